The van der Waals surface area contributed by atoms with Crippen LogP contribution in [0.25, 0.3) is 0 Å². The molecule has 0 aliphatic rings. The van der Waals surface area contributed by atoms with E-state index in [1.54, 1.807) is 19.1 Å². The molecule has 13 heavy (non-hydrogen) atoms. The van der Waals surface area contributed by atoms with Crippen LogP contribution in [0.1, 0.15) is 11.1 Å². The minimum atomic E-state index is -3.62. The molecule has 1 aromatic carbocycles. The Morgan fingerprint density at radius 3 is 2.23 bits per heavy atom. The third-order valence-electron chi connectivity index (χ3n) is 1.72. The van der Waals surface area contributed by atoms with Crippen molar-refractivity contribution in [1.29, 1.82) is 0 Å². The maximum absolute atomic E-state index is 11.1. The van der Waals surface area contributed by atoms with Crippen molar-refractivity contribution in [3.05, 3.63) is 27.7 Å². The molecule has 0 amide bonds. The molecule has 1 aromatic rings. The van der Waals surface area contributed by atoms with Crippen molar-refractivity contribution in [2.45, 2.75) is 18.7 Å². The third kappa shape index (κ3) is 2.45. The van der Waals surface area contributed by atoms with Crippen LogP contribution in [0, 0.1) is 13.8 Å². The maximum atomic E-state index is 11.1. The molecule has 0 spiro atoms. The zero-order chi connectivity index (χ0) is 10.2. The van der Waals surface area contributed by atoms with Gasteiger partial charge in [0.1, 0.15) is 0 Å². The summed E-state index contributed by atoms with van der Waals surface area (Å²) in [5.74, 6) is 0. The van der Waals surface area contributed by atoms with Crippen molar-refractivity contribution in [1.82, 2.24) is 0 Å². The molecular formula is C8H8BrClO2S. The number of hydrogen-bond acceptors (Lipinski definition) is 2. The van der Waals surface area contributed by atoms with Gasteiger partial charge in [-0.05, 0) is 37.1 Å². The highest BCUT2D eigenvalue weighted by molar-refractivity contribution is 9.10. The Hall–Kier alpha value is -0.0600. The smallest absolute Gasteiger partial charge is 0.207 e. The monoisotopic (exact) mass is 282 g/mol. The minimum absolute atomic E-state index is 0.176. The van der Waals surface area contributed by atoms with E-state index in [1.807, 2.05) is 6.92 Å². The summed E-state index contributed by atoms with van der Waals surface area (Å²) in [6.45, 7) is 3.52. The van der Waals surface area contributed by atoms with E-state index in [9.17, 15) is 8.42 Å². The first-order valence-electron chi connectivity index (χ1n) is 3.54. The maximum Gasteiger partial charge on any atom is 0.261 e. The van der Waals surface area contributed by atoms with E-state index in [2.05, 4.69) is 15.9 Å². The molecule has 0 fully saturated rings. The summed E-state index contributed by atoms with van der Waals surface area (Å²) in [7, 11) is 1.62. The molecule has 1 rings (SSSR count). The van der Waals surface area contributed by atoms with Gasteiger partial charge in [-0.1, -0.05) is 15.9 Å². The molecule has 0 saturated heterocycles. The van der Waals surface area contributed by atoms with Gasteiger partial charge in [-0.25, -0.2) is 8.42 Å². The molecule has 0 heterocycles. The van der Waals surface area contributed by atoms with Crippen LogP contribution in [0.3, 0.4) is 0 Å². The summed E-state index contributed by atoms with van der Waals surface area (Å²) < 4.78 is 23.0. The average Bonchev–Trinajstić information content (AvgIpc) is 1.94. The lowest BCUT2D eigenvalue weighted by atomic mass is 10.2. The Bertz CT molecular complexity index is 440. The van der Waals surface area contributed by atoms with Crippen molar-refractivity contribution >= 4 is 35.7 Å². The van der Waals surface area contributed by atoms with Crippen LogP contribution < -0.4 is 0 Å². The number of rotatable bonds is 1. The van der Waals surface area contributed by atoms with Crippen LogP contribution in [0.2, 0.25) is 0 Å². The van der Waals surface area contributed by atoms with Crippen molar-refractivity contribution in [2.24, 2.45) is 0 Å². The molecule has 0 bridgehead atoms. The molecule has 0 atom stereocenters. The Morgan fingerprint density at radius 2 is 1.77 bits per heavy atom. The first kappa shape index (κ1) is 11.0. The highest BCUT2D eigenvalue weighted by Gasteiger charge is 2.14. The summed E-state index contributed by atoms with van der Waals surface area (Å²) in [4.78, 5) is 0.176. The van der Waals surface area contributed by atoms with Gasteiger partial charge in [0.05, 0.1) is 4.90 Å². The van der Waals surface area contributed by atoms with Crippen LogP contribution in [-0.4, -0.2) is 8.42 Å². The van der Waals surface area contributed by atoms with Crippen molar-refractivity contribution in [3.63, 3.8) is 0 Å². The number of halogens is 2. The topological polar surface area (TPSA) is 34.1 Å². The van der Waals surface area contributed by atoms with Crippen LogP contribution in [0.4, 0.5) is 0 Å². The van der Waals surface area contributed by atoms with Crippen LogP contribution in [0.15, 0.2) is 21.5 Å². The molecule has 0 unspecified atom stereocenters. The van der Waals surface area contributed by atoms with Gasteiger partial charge in [-0.3, -0.25) is 0 Å². The second-order valence-electron chi connectivity index (χ2n) is 2.80. The molecule has 2 nitrogen and oxygen atoms in total. The van der Waals surface area contributed by atoms with Gasteiger partial charge in [0, 0.05) is 15.2 Å². The SMILES string of the molecule is Cc1cc(S(=O)(=O)Cl)c(C)cc1Br. The van der Waals surface area contributed by atoms with E-state index in [4.69, 9.17) is 10.7 Å². The van der Waals surface area contributed by atoms with Gasteiger partial charge >= 0.3 is 0 Å². The highest BCUT2D eigenvalue weighted by atomic mass is 79.9. The zero-order valence-electron chi connectivity index (χ0n) is 7.14. The molecule has 0 radical (unpaired) electrons. The van der Waals surface area contributed by atoms with E-state index in [0.29, 0.717) is 5.56 Å². The molecular weight excluding hydrogens is 276 g/mol. The van der Waals surface area contributed by atoms with Crippen molar-refractivity contribution in [2.75, 3.05) is 0 Å². The second-order valence-corrected chi connectivity index (χ2v) is 6.19. The minimum Gasteiger partial charge on any atom is -0.207 e. The first-order valence-corrected chi connectivity index (χ1v) is 6.64. The summed E-state index contributed by atoms with van der Waals surface area (Å²) in [5.41, 5.74) is 1.50. The van der Waals surface area contributed by atoms with E-state index < -0.39 is 9.05 Å². The van der Waals surface area contributed by atoms with E-state index >= 15 is 0 Å². The van der Waals surface area contributed by atoms with Crippen LogP contribution in [0.5, 0.6) is 0 Å². The van der Waals surface area contributed by atoms with Gasteiger partial charge in [0.25, 0.3) is 9.05 Å². The summed E-state index contributed by atoms with van der Waals surface area (Å²) in [6, 6.07) is 3.30. The van der Waals surface area contributed by atoms with Crippen LogP contribution in [-0.2, 0) is 9.05 Å². The summed E-state index contributed by atoms with van der Waals surface area (Å²) in [5, 5.41) is 0. The Labute approximate surface area is 90.5 Å². The fourth-order valence-electron chi connectivity index (χ4n) is 1.02. The number of aryl methyl sites for hydroxylation is 2. The molecule has 5 heteroatoms. The lowest BCUT2D eigenvalue weighted by molar-refractivity contribution is 0.609. The zero-order valence-corrected chi connectivity index (χ0v) is 10.3. The Balaban J connectivity index is 3.50. The van der Waals surface area contributed by atoms with Gasteiger partial charge < -0.3 is 0 Å². The van der Waals surface area contributed by atoms with E-state index in [1.165, 1.54) is 0 Å². The normalized spacial score (nSPS) is 11.7. The van der Waals surface area contributed by atoms with Gasteiger partial charge in [0.15, 0.2) is 0 Å². The predicted molar refractivity (Wildman–Crippen MR) is 56.7 cm³/mol. The van der Waals surface area contributed by atoms with Gasteiger partial charge in [-0.2, -0.15) is 0 Å². The molecule has 0 aliphatic carbocycles. The fourth-order valence-corrected chi connectivity index (χ4v) is 2.73. The van der Waals surface area contributed by atoms with Gasteiger partial charge in [0.2, 0.25) is 0 Å². The van der Waals surface area contributed by atoms with Gasteiger partial charge in [-0.15, -0.1) is 0 Å². The first-order chi connectivity index (χ1) is 5.82. The van der Waals surface area contributed by atoms with Crippen molar-refractivity contribution in [3.8, 4) is 0 Å². The lowest BCUT2D eigenvalue weighted by Gasteiger charge is -2.05. The van der Waals surface area contributed by atoms with Crippen LogP contribution >= 0.6 is 26.6 Å². The number of benzene rings is 1. The lowest BCUT2D eigenvalue weighted by Crippen LogP contribution is -1.95. The third-order valence-corrected chi connectivity index (χ3v) is 4.04. The standard InChI is InChI=1S/C8H8BrClO2S/c1-5-4-8(13(10,11)12)6(2)3-7(5)9/h3-4H,1-2H3. The molecule has 72 valence electrons. The molecule has 0 aliphatic heterocycles. The fraction of sp³-hybridized carbons (Fsp3) is 0.250. The molecule has 0 aromatic heterocycles. The molecule has 0 N–H and O–H groups in total. The largest absolute Gasteiger partial charge is 0.261 e. The van der Waals surface area contributed by atoms with Crippen molar-refractivity contribution < 1.29 is 8.42 Å². The average molecular weight is 284 g/mol. The molecule has 0 saturated carbocycles. The Kier molecular flexibility index (Phi) is 3.05. The summed E-state index contributed by atoms with van der Waals surface area (Å²) >= 11 is 3.31. The summed E-state index contributed by atoms with van der Waals surface area (Å²) in [6.07, 6.45) is 0. The van der Waals surface area contributed by atoms with E-state index in [0.717, 1.165) is 10.0 Å². The Morgan fingerprint density at radius 1 is 1.23 bits per heavy atom. The second kappa shape index (κ2) is 3.59. The van der Waals surface area contributed by atoms with E-state index in [-0.39, 0.29) is 4.90 Å². The number of hydrogen-bond donors (Lipinski definition) is 0. The quantitative estimate of drug-likeness (QED) is 0.743. The predicted octanol–water partition coefficient (Wildman–Crippen LogP) is 2.99. The highest BCUT2D eigenvalue weighted by Crippen LogP contribution is 2.26.